The molecule has 0 spiro atoms. The van der Waals surface area contributed by atoms with Crippen LogP contribution in [0.3, 0.4) is 0 Å². The molecule has 510 valence electrons. The molecule has 0 saturated heterocycles. The molecule has 2 aliphatic carbocycles. The molecule has 7 rings (SSSR count). The molecule has 2 saturated carbocycles. The second-order valence-electron chi connectivity index (χ2n) is 23.6. The Labute approximate surface area is 544 Å². The van der Waals surface area contributed by atoms with Gasteiger partial charge in [-0.3, -0.25) is 29.0 Å². The highest BCUT2D eigenvalue weighted by Crippen LogP contribution is 2.50. The highest BCUT2D eigenvalue weighted by atomic mass is 16.6. The van der Waals surface area contributed by atoms with Crippen LogP contribution in [-0.2, 0) is 54.1 Å². The van der Waals surface area contributed by atoms with E-state index in [2.05, 4.69) is 48.4 Å². The molecule has 0 bridgehead atoms. The van der Waals surface area contributed by atoms with Crippen molar-refractivity contribution in [1.82, 2.24) is 40.6 Å². The van der Waals surface area contributed by atoms with Gasteiger partial charge in [-0.15, -0.1) is 0 Å². The fourth-order valence-corrected chi connectivity index (χ4v) is 9.66. The number of rotatable bonds is 45. The fourth-order valence-electron chi connectivity index (χ4n) is 9.66. The minimum Gasteiger partial charge on any atom is -0.484 e. The number of anilines is 1. The van der Waals surface area contributed by atoms with E-state index in [0.29, 0.717) is 121 Å². The number of hydrazine groups is 1. The van der Waals surface area contributed by atoms with E-state index in [-0.39, 0.29) is 49.6 Å². The fraction of sp³-hybridized carbons (Fsp3) is 0.545. The molecular formula is C66H96N12O15. The zero-order valence-corrected chi connectivity index (χ0v) is 54.4. The van der Waals surface area contributed by atoms with Gasteiger partial charge in [-0.2, -0.15) is 10.2 Å². The number of aliphatic carboxylic acids is 1. The van der Waals surface area contributed by atoms with Crippen molar-refractivity contribution in [3.05, 3.63) is 114 Å². The van der Waals surface area contributed by atoms with Gasteiger partial charge in [-0.05, 0) is 133 Å². The molecule has 5 aromatic rings. The summed E-state index contributed by atoms with van der Waals surface area (Å²) in [7, 11) is 0. The minimum absolute atomic E-state index is 0.141. The number of nitrogens with zero attached hydrogens (tertiary/aromatic N) is 5. The standard InChI is InChI=1S/C46H71N9O14.C20H25N3O/c1-46(2,3)68-33-39(45(59)60)53-44(58)35-11-12-42(51-30-35)69-38-10-8-9-37(29-38)67-34-41(56)50-15-18-61-19-20-62-21-22-63-23-24-64-25-26-65-27-28-66-32-36(47)31-54(49)16-6-4-5-7-17-55-40(43(48)57)13-14-52-55;1-12-20(13(2)23-22-12)16-7-9-17(10-8-16)21-19(24)11-18(14-3-4-14)15-5-6-15/h8-14,29-31,39H,4-7,15-28,32-34,47,49H2,1-3H3,(H2,48,57)(H,50,56)(H,53,58)(H,59,60);7-10,14-15,18H,3-6,11H2,1-2H3,(H,21,24)(H,22,23)/b36-31-;/t39-;/m0./s1. The number of primary amides is 1. The number of hydrogen-bond donors (Lipinski definition) is 8. The third kappa shape index (κ3) is 29.6. The predicted octanol–water partition coefficient (Wildman–Crippen LogP) is 6.46. The molecule has 0 aliphatic heterocycles. The Morgan fingerprint density at radius 1 is 0.763 bits per heavy atom. The summed E-state index contributed by atoms with van der Waals surface area (Å²) >= 11 is 0. The van der Waals surface area contributed by atoms with Crippen molar-refractivity contribution in [1.29, 1.82) is 0 Å². The number of nitrogens with two attached hydrogens (primary N) is 3. The number of amides is 4. The summed E-state index contributed by atoms with van der Waals surface area (Å²) in [4.78, 5) is 64.4. The van der Waals surface area contributed by atoms with Gasteiger partial charge in [0.2, 0.25) is 11.8 Å². The number of carboxylic acids is 1. The van der Waals surface area contributed by atoms with E-state index in [4.69, 9.17) is 59.9 Å². The largest absolute Gasteiger partial charge is 0.484 e. The molecule has 2 aliphatic rings. The van der Waals surface area contributed by atoms with Crippen LogP contribution in [0.5, 0.6) is 17.4 Å². The lowest BCUT2D eigenvalue weighted by molar-refractivity contribution is -0.142. The average Bonchev–Trinajstić information content (AvgIpc) is 1.72. The number of aryl methyl sites for hydroxylation is 3. The van der Waals surface area contributed by atoms with E-state index < -0.39 is 29.4 Å². The lowest BCUT2D eigenvalue weighted by atomic mass is 9.94. The van der Waals surface area contributed by atoms with Crippen molar-refractivity contribution >= 4 is 35.3 Å². The number of aromatic nitrogens is 5. The third-order valence-electron chi connectivity index (χ3n) is 14.7. The Morgan fingerprint density at radius 3 is 1.97 bits per heavy atom. The number of aromatic amines is 1. The SMILES string of the molecule is CC(C)(C)OC[C@H](NC(=O)c1ccc(Oc2cccc(OCC(=O)NCCOCCOCCOCCOCCOCCOC/C(N)=C/N(N)CCCCCCn3nccc3C(N)=O)c2)nc1)C(=O)O.Cc1n[nH]c(C)c1-c1ccc(NC(=O)CC(C2CC2)C2CC2)cc1. The van der Waals surface area contributed by atoms with Crippen LogP contribution in [0.15, 0.2) is 91.0 Å². The molecule has 2 aromatic carbocycles. The summed E-state index contributed by atoms with van der Waals surface area (Å²) in [6.45, 7) is 15.1. The van der Waals surface area contributed by atoms with Gasteiger partial charge in [0.05, 0.1) is 108 Å². The molecule has 2 fully saturated rings. The van der Waals surface area contributed by atoms with Crippen LogP contribution < -0.4 is 42.7 Å². The predicted molar refractivity (Wildman–Crippen MR) is 347 cm³/mol. The summed E-state index contributed by atoms with van der Waals surface area (Å²) in [6.07, 6.45) is 14.2. The molecule has 3 aromatic heterocycles. The quantitative estimate of drug-likeness (QED) is 0.0118. The van der Waals surface area contributed by atoms with Gasteiger partial charge in [0, 0.05) is 73.7 Å². The second kappa shape index (κ2) is 40.2. The molecule has 93 heavy (non-hydrogen) atoms. The van der Waals surface area contributed by atoms with Crippen LogP contribution in [0, 0.1) is 31.6 Å². The second-order valence-corrected chi connectivity index (χ2v) is 23.6. The summed E-state index contributed by atoms with van der Waals surface area (Å²) in [5, 5.41) is 30.6. The maximum Gasteiger partial charge on any atom is 0.328 e. The van der Waals surface area contributed by atoms with Gasteiger partial charge in [0.1, 0.15) is 17.2 Å². The van der Waals surface area contributed by atoms with E-state index >= 15 is 0 Å². The number of nitrogens with one attached hydrogen (secondary N) is 4. The van der Waals surface area contributed by atoms with Gasteiger partial charge in [-0.1, -0.05) is 31.0 Å². The zero-order valence-electron chi connectivity index (χ0n) is 54.4. The molecule has 11 N–H and O–H groups in total. The Balaban J connectivity index is 0.000000469. The van der Waals surface area contributed by atoms with Crippen molar-refractivity contribution in [3.63, 3.8) is 0 Å². The van der Waals surface area contributed by atoms with Crippen molar-refractivity contribution in [2.45, 2.75) is 111 Å². The first-order valence-electron chi connectivity index (χ1n) is 31.8. The van der Waals surface area contributed by atoms with Gasteiger partial charge in [-0.25, -0.2) is 15.6 Å². The summed E-state index contributed by atoms with van der Waals surface area (Å²) in [5.74, 6) is 6.75. The number of pyridine rings is 1. The first-order chi connectivity index (χ1) is 44.8. The number of ether oxygens (including phenoxy) is 9. The topological polar surface area (TPSA) is 365 Å². The molecule has 3 heterocycles. The van der Waals surface area contributed by atoms with Crippen LogP contribution in [0.2, 0.25) is 0 Å². The monoisotopic (exact) mass is 1300 g/mol. The van der Waals surface area contributed by atoms with Gasteiger partial charge >= 0.3 is 5.97 Å². The van der Waals surface area contributed by atoms with Crippen LogP contribution in [0.25, 0.3) is 11.1 Å². The van der Waals surface area contributed by atoms with Gasteiger partial charge in [0.25, 0.3) is 17.7 Å². The van der Waals surface area contributed by atoms with Crippen LogP contribution in [0.1, 0.15) is 111 Å². The van der Waals surface area contributed by atoms with E-state index in [1.54, 1.807) is 73.2 Å². The molecule has 27 heteroatoms. The summed E-state index contributed by atoms with van der Waals surface area (Å²) in [6, 6.07) is 18.0. The van der Waals surface area contributed by atoms with Crippen LogP contribution in [-0.4, -0.2) is 182 Å². The Hall–Kier alpha value is -8.02. The van der Waals surface area contributed by atoms with Crippen molar-refractivity contribution in [2.75, 3.05) is 111 Å². The Bertz CT molecular complexity index is 3040. The smallest absolute Gasteiger partial charge is 0.328 e. The van der Waals surface area contributed by atoms with E-state index in [9.17, 15) is 29.1 Å². The lowest BCUT2D eigenvalue weighted by Gasteiger charge is -2.23. The molecule has 27 nitrogen and oxygen atoms in total. The zero-order chi connectivity index (χ0) is 66.8. The number of H-pyrrole nitrogens is 1. The first-order valence-corrected chi connectivity index (χ1v) is 31.8. The van der Waals surface area contributed by atoms with Gasteiger partial charge in [0.15, 0.2) is 12.6 Å². The average molecular weight is 1300 g/mol. The minimum atomic E-state index is -1.23. The first kappa shape index (κ1) is 74.0. The van der Waals surface area contributed by atoms with E-state index in [1.165, 1.54) is 44.0 Å². The summed E-state index contributed by atoms with van der Waals surface area (Å²) in [5.41, 5.74) is 17.1. The lowest BCUT2D eigenvalue weighted by Crippen LogP contribution is -2.45. The molecule has 0 unspecified atom stereocenters. The normalized spacial score (nSPS) is 13.4. The molecule has 1 atom stereocenters. The number of carboxylic acid groups (broad SMARTS) is 1. The molecular weight excluding hydrogens is 1200 g/mol. The number of benzene rings is 2. The summed E-state index contributed by atoms with van der Waals surface area (Å²) < 4.78 is 51.6. The van der Waals surface area contributed by atoms with Crippen molar-refractivity contribution < 1.29 is 71.7 Å². The Kier molecular flexibility index (Phi) is 32.0. The Morgan fingerprint density at radius 2 is 1.39 bits per heavy atom. The van der Waals surface area contributed by atoms with Crippen LogP contribution in [0.4, 0.5) is 5.69 Å². The number of carbonyl (C=O) groups excluding carboxylic acids is 4. The number of carbonyl (C=O) groups is 5. The van der Waals surface area contributed by atoms with E-state index in [0.717, 1.165) is 65.7 Å². The third-order valence-corrected chi connectivity index (χ3v) is 14.7. The highest BCUT2D eigenvalue weighted by molar-refractivity contribution is 5.96. The van der Waals surface area contributed by atoms with Crippen molar-refractivity contribution in [2.24, 2.45) is 35.1 Å². The molecule has 4 amide bonds. The molecule has 0 radical (unpaired) electrons. The highest BCUT2D eigenvalue weighted by Gasteiger charge is 2.42. The van der Waals surface area contributed by atoms with Gasteiger partial charge < -0.3 is 80.2 Å². The number of unbranched alkanes of at least 4 members (excludes halogenated alkanes) is 3. The maximum atomic E-state index is 12.6. The number of hydrogen-bond acceptors (Lipinski definition) is 20. The van der Waals surface area contributed by atoms with Crippen molar-refractivity contribution in [3.8, 4) is 28.5 Å². The van der Waals surface area contributed by atoms with E-state index in [1.807, 2.05) is 26.0 Å². The maximum absolute atomic E-state index is 12.6. The van der Waals surface area contributed by atoms with Crippen LogP contribution >= 0.6 is 0 Å².